The van der Waals surface area contributed by atoms with Gasteiger partial charge in [0, 0.05) is 13.1 Å². The van der Waals surface area contributed by atoms with Crippen LogP contribution in [0.2, 0.25) is 0 Å². The highest BCUT2D eigenvalue weighted by Crippen LogP contribution is 2.26. The van der Waals surface area contributed by atoms with Gasteiger partial charge in [-0.3, -0.25) is 4.79 Å². The summed E-state index contributed by atoms with van der Waals surface area (Å²) in [6.07, 6.45) is 0.894. The lowest BCUT2D eigenvalue weighted by Crippen LogP contribution is -2.40. The van der Waals surface area contributed by atoms with Crippen LogP contribution in [0.5, 0.6) is 11.5 Å². The van der Waals surface area contributed by atoms with Gasteiger partial charge in [-0.15, -0.1) is 0 Å². The van der Waals surface area contributed by atoms with E-state index in [1.807, 2.05) is 39.0 Å². The van der Waals surface area contributed by atoms with Crippen LogP contribution in [0.3, 0.4) is 0 Å². The normalized spacial score (nSPS) is 15.3. The SMILES string of the molecule is CCOc1ccc(OCCOC(=O)C2CCN(S(=O)(=O)c3ccc(C)c(C)c3)CC2)cc1. The molecule has 0 spiro atoms. The van der Waals surface area contributed by atoms with E-state index in [-0.39, 0.29) is 25.1 Å². The number of carbonyl (C=O) groups is 1. The summed E-state index contributed by atoms with van der Waals surface area (Å²) in [5.74, 6) is 0.849. The zero-order valence-corrected chi connectivity index (χ0v) is 19.7. The number of nitrogens with zero attached hydrogens (tertiary/aromatic N) is 1. The van der Waals surface area contributed by atoms with E-state index in [1.54, 1.807) is 24.3 Å². The summed E-state index contributed by atoms with van der Waals surface area (Å²) in [4.78, 5) is 12.7. The van der Waals surface area contributed by atoms with E-state index < -0.39 is 10.0 Å². The monoisotopic (exact) mass is 461 g/mol. The van der Waals surface area contributed by atoms with Gasteiger partial charge in [0.15, 0.2) is 0 Å². The van der Waals surface area contributed by atoms with E-state index in [2.05, 4.69) is 0 Å². The van der Waals surface area contributed by atoms with Gasteiger partial charge in [0.2, 0.25) is 10.0 Å². The third kappa shape index (κ3) is 6.01. The van der Waals surface area contributed by atoms with Gasteiger partial charge < -0.3 is 14.2 Å². The summed E-state index contributed by atoms with van der Waals surface area (Å²) in [5, 5.41) is 0. The van der Waals surface area contributed by atoms with Crippen molar-refractivity contribution in [2.45, 2.75) is 38.5 Å². The highest BCUT2D eigenvalue weighted by Gasteiger charge is 2.32. The van der Waals surface area contributed by atoms with Gasteiger partial charge in [-0.2, -0.15) is 4.31 Å². The summed E-state index contributed by atoms with van der Waals surface area (Å²) >= 11 is 0. The predicted octanol–water partition coefficient (Wildman–Crippen LogP) is 3.73. The molecule has 7 nitrogen and oxygen atoms in total. The molecule has 0 aliphatic carbocycles. The first-order valence-corrected chi connectivity index (χ1v) is 12.3. The number of esters is 1. The molecule has 0 unspecified atom stereocenters. The molecule has 1 heterocycles. The molecule has 2 aromatic carbocycles. The van der Waals surface area contributed by atoms with Crippen LogP contribution < -0.4 is 9.47 Å². The molecule has 1 aliphatic rings. The van der Waals surface area contributed by atoms with Gasteiger partial charge in [-0.25, -0.2) is 8.42 Å². The minimum Gasteiger partial charge on any atom is -0.494 e. The molecule has 0 aromatic heterocycles. The van der Waals surface area contributed by atoms with Crippen LogP contribution in [0.25, 0.3) is 0 Å². The summed E-state index contributed by atoms with van der Waals surface area (Å²) in [7, 11) is -3.56. The second kappa shape index (κ2) is 10.8. The zero-order chi connectivity index (χ0) is 23.1. The van der Waals surface area contributed by atoms with Crippen molar-refractivity contribution in [2.75, 3.05) is 32.9 Å². The second-order valence-corrected chi connectivity index (χ2v) is 9.78. The van der Waals surface area contributed by atoms with Crippen molar-refractivity contribution in [3.05, 3.63) is 53.6 Å². The Balaban J connectivity index is 1.42. The van der Waals surface area contributed by atoms with E-state index in [0.29, 0.717) is 43.2 Å². The Morgan fingerprint density at radius 3 is 2.16 bits per heavy atom. The Kier molecular flexibility index (Phi) is 8.15. The number of piperidine rings is 1. The topological polar surface area (TPSA) is 82.1 Å². The van der Waals surface area contributed by atoms with Crippen LogP contribution in [-0.4, -0.2) is 51.6 Å². The van der Waals surface area contributed by atoms with Gasteiger partial charge in [0.1, 0.15) is 24.7 Å². The third-order valence-electron chi connectivity index (χ3n) is 5.63. The van der Waals surface area contributed by atoms with E-state index in [1.165, 1.54) is 4.31 Å². The van der Waals surface area contributed by atoms with Crippen molar-refractivity contribution in [3.63, 3.8) is 0 Å². The van der Waals surface area contributed by atoms with Gasteiger partial charge in [-0.1, -0.05) is 6.07 Å². The van der Waals surface area contributed by atoms with E-state index in [0.717, 1.165) is 16.9 Å². The fourth-order valence-electron chi connectivity index (χ4n) is 3.57. The molecule has 8 heteroatoms. The summed E-state index contributed by atoms with van der Waals surface area (Å²) in [6.45, 7) is 7.38. The predicted molar refractivity (Wildman–Crippen MR) is 121 cm³/mol. The van der Waals surface area contributed by atoms with E-state index in [9.17, 15) is 13.2 Å². The molecule has 0 bridgehead atoms. The number of carbonyl (C=O) groups excluding carboxylic acids is 1. The number of rotatable bonds is 9. The summed E-state index contributed by atoms with van der Waals surface area (Å²) < 4.78 is 43.6. The molecule has 174 valence electrons. The van der Waals surface area contributed by atoms with Crippen LogP contribution >= 0.6 is 0 Å². The Morgan fingerprint density at radius 1 is 0.938 bits per heavy atom. The summed E-state index contributed by atoms with van der Waals surface area (Å²) in [5.41, 5.74) is 1.99. The Morgan fingerprint density at radius 2 is 1.56 bits per heavy atom. The number of hydrogen-bond acceptors (Lipinski definition) is 6. The fourth-order valence-corrected chi connectivity index (χ4v) is 5.13. The van der Waals surface area contributed by atoms with Gasteiger partial charge in [0.05, 0.1) is 17.4 Å². The van der Waals surface area contributed by atoms with Crippen molar-refractivity contribution in [1.29, 1.82) is 0 Å². The Hall–Kier alpha value is -2.58. The highest BCUT2D eigenvalue weighted by molar-refractivity contribution is 7.89. The van der Waals surface area contributed by atoms with Gasteiger partial charge in [0.25, 0.3) is 0 Å². The molecule has 2 aromatic rings. The largest absolute Gasteiger partial charge is 0.494 e. The van der Waals surface area contributed by atoms with Crippen LogP contribution in [0.4, 0.5) is 0 Å². The Labute approximate surface area is 190 Å². The van der Waals surface area contributed by atoms with Crippen LogP contribution in [0.15, 0.2) is 47.4 Å². The quantitative estimate of drug-likeness (QED) is 0.418. The number of sulfonamides is 1. The van der Waals surface area contributed by atoms with Crippen molar-refractivity contribution >= 4 is 16.0 Å². The smallest absolute Gasteiger partial charge is 0.309 e. The average Bonchev–Trinajstić information content (AvgIpc) is 2.79. The molecular weight excluding hydrogens is 430 g/mol. The van der Waals surface area contributed by atoms with Crippen molar-refractivity contribution < 1.29 is 27.4 Å². The lowest BCUT2D eigenvalue weighted by Gasteiger charge is -2.30. The van der Waals surface area contributed by atoms with Crippen LogP contribution in [0, 0.1) is 19.8 Å². The van der Waals surface area contributed by atoms with Crippen molar-refractivity contribution in [2.24, 2.45) is 5.92 Å². The minimum atomic E-state index is -3.56. The number of aryl methyl sites for hydroxylation is 2. The first-order chi connectivity index (χ1) is 15.3. The fraction of sp³-hybridized carbons (Fsp3) is 0.458. The lowest BCUT2D eigenvalue weighted by atomic mass is 9.98. The molecule has 0 amide bonds. The molecule has 1 saturated heterocycles. The first kappa shape index (κ1) is 24.1. The van der Waals surface area contributed by atoms with Crippen molar-refractivity contribution in [1.82, 2.24) is 4.31 Å². The third-order valence-corrected chi connectivity index (χ3v) is 7.53. The lowest BCUT2D eigenvalue weighted by molar-refractivity contribution is -0.150. The maximum absolute atomic E-state index is 12.9. The minimum absolute atomic E-state index is 0.146. The van der Waals surface area contributed by atoms with Crippen LogP contribution in [-0.2, 0) is 19.6 Å². The maximum Gasteiger partial charge on any atom is 0.309 e. The molecule has 1 aliphatic heterocycles. The molecule has 32 heavy (non-hydrogen) atoms. The van der Waals surface area contributed by atoms with E-state index in [4.69, 9.17) is 14.2 Å². The standard InChI is InChI=1S/C24H31NO6S/c1-4-29-21-6-8-22(9-7-21)30-15-16-31-24(26)20-11-13-25(14-12-20)32(27,28)23-10-5-18(2)19(3)17-23/h5-10,17,20H,4,11-16H2,1-3H3. The molecule has 0 atom stereocenters. The molecule has 1 fully saturated rings. The highest BCUT2D eigenvalue weighted by atomic mass is 32.2. The van der Waals surface area contributed by atoms with Crippen molar-refractivity contribution in [3.8, 4) is 11.5 Å². The number of benzene rings is 2. The van der Waals surface area contributed by atoms with E-state index >= 15 is 0 Å². The zero-order valence-electron chi connectivity index (χ0n) is 18.9. The average molecular weight is 462 g/mol. The first-order valence-electron chi connectivity index (χ1n) is 10.9. The van der Waals surface area contributed by atoms with Gasteiger partial charge in [-0.05, 0) is 81.1 Å². The Bertz CT molecular complexity index is 1010. The molecular formula is C24H31NO6S. The van der Waals surface area contributed by atoms with Gasteiger partial charge >= 0.3 is 5.97 Å². The molecule has 0 saturated carbocycles. The summed E-state index contributed by atoms with van der Waals surface area (Å²) in [6, 6.07) is 12.4. The second-order valence-electron chi connectivity index (χ2n) is 7.84. The molecule has 3 rings (SSSR count). The number of hydrogen-bond donors (Lipinski definition) is 0. The molecule has 0 N–H and O–H groups in total. The number of ether oxygens (including phenoxy) is 3. The maximum atomic E-state index is 12.9. The molecule has 0 radical (unpaired) electrons. The van der Waals surface area contributed by atoms with Crippen LogP contribution in [0.1, 0.15) is 30.9 Å².